The Morgan fingerprint density at radius 2 is 0.930 bits per heavy atom. The summed E-state index contributed by atoms with van der Waals surface area (Å²) in [5, 5.41) is 19.5. The molecule has 0 bridgehead atoms. The molecule has 2 unspecified atom stereocenters. The number of ether oxygens (including phenoxy) is 2. The van der Waals surface area contributed by atoms with Gasteiger partial charge in [0.15, 0.2) is 11.6 Å². The number of thioether (sulfide) groups is 1. The van der Waals surface area contributed by atoms with Crippen LogP contribution < -0.4 is 0 Å². The quantitative estimate of drug-likeness (QED) is 0.0350. The highest BCUT2D eigenvalue weighted by atomic mass is 32.2. The van der Waals surface area contributed by atoms with E-state index >= 15 is 0 Å². The Hall–Kier alpha value is -0.000000000000000333. The molecule has 0 radical (unpaired) electrons. The predicted octanol–water partition coefficient (Wildman–Crippen LogP) is 2.18. The highest BCUT2D eigenvalue weighted by molar-refractivity contribution is 8.22. The summed E-state index contributed by atoms with van der Waals surface area (Å²) >= 11 is 55.0. The molecule has 0 aliphatic heterocycles. The molecule has 0 fully saturated rings. The molecule has 0 aromatic carbocycles. The van der Waals surface area contributed by atoms with Gasteiger partial charge in [0.1, 0.15) is 42.8 Å². The Balaban J connectivity index is 5.52. The summed E-state index contributed by atoms with van der Waals surface area (Å²) in [7, 11) is 0. The molecule has 25 heteroatoms. The van der Waals surface area contributed by atoms with E-state index in [4.69, 9.17) is 82.8 Å². The molecule has 0 spiro atoms. The van der Waals surface area contributed by atoms with Gasteiger partial charge in [-0.3, -0.25) is 24.1 Å². The lowest BCUT2D eigenvalue weighted by atomic mass is 10.1. The van der Waals surface area contributed by atoms with Crippen molar-refractivity contribution in [3.05, 3.63) is 0 Å². The molecule has 0 aliphatic rings. The Morgan fingerprint density at radius 1 is 0.579 bits per heavy atom. The van der Waals surface area contributed by atoms with Crippen LogP contribution in [0.15, 0.2) is 0 Å². The van der Waals surface area contributed by atoms with Gasteiger partial charge >= 0.3 is 11.9 Å². The predicted molar refractivity (Wildman–Crippen MR) is 270 cm³/mol. The van der Waals surface area contributed by atoms with Gasteiger partial charge in [0.05, 0.1) is 37.8 Å². The first-order valence-electron chi connectivity index (χ1n) is 17.2. The van der Waals surface area contributed by atoms with E-state index in [9.17, 15) is 29.4 Å². The Morgan fingerprint density at radius 3 is 1.25 bits per heavy atom. The second-order valence-electron chi connectivity index (χ2n) is 11.5. The average molecular weight is 1020 g/mol. The van der Waals surface area contributed by atoms with Crippen molar-refractivity contribution in [2.75, 3.05) is 107 Å². The number of thiol groups is 5. The van der Waals surface area contributed by atoms with E-state index < -0.39 is 55.2 Å². The molecule has 57 heavy (non-hydrogen) atoms. The molecule has 2 atom stereocenters. The van der Waals surface area contributed by atoms with Crippen LogP contribution in [0.3, 0.4) is 0 Å². The number of rotatable bonds is 28. The summed E-state index contributed by atoms with van der Waals surface area (Å²) < 4.78 is 11.3. The second kappa shape index (κ2) is 32.7. The molecular weight excluding hydrogens is 967 g/mol. The first-order valence-corrected chi connectivity index (χ1v) is 24.0. The number of thiocarbonyl (C=S) groups is 6. The molecule has 0 saturated heterocycles. The van der Waals surface area contributed by atoms with Crippen molar-refractivity contribution in [2.24, 2.45) is 0 Å². The fraction of sp³-hybridized carbons (Fsp3) is 0.688. The monoisotopic (exact) mass is 1020 g/mol. The summed E-state index contributed by atoms with van der Waals surface area (Å²) in [5.74, 6) is -1.50. The molecule has 13 nitrogen and oxygen atoms in total. The standard InChI is InChI=1S/C32H51N5O8S12/c1-3-33(8-10-44-30(42)12-21(23(40)14-38)34(25(51)16-46)4-6-36(26(52)17-47)27(53)18-48)9-11-45-31(43)13-22(24(41)15-39)35(32(56)57-2)5-7-37(28(54)19-49)29(55)20-50/h21-22,38-39,46-50H,3-20H2,1-2H3. The number of likely N-dealkylation sites (N-methyl/N-ethyl adjacent to an activating group) is 1. The summed E-state index contributed by atoms with van der Waals surface area (Å²) in [4.78, 5) is 62.2. The number of esters is 2. The number of hydrogen-bond acceptors (Lipinski definition) is 21. The van der Waals surface area contributed by atoms with Crippen LogP contribution >= 0.6 is 148 Å². The van der Waals surface area contributed by atoms with Gasteiger partial charge in [-0.25, -0.2) is 0 Å². The van der Waals surface area contributed by atoms with Crippen LogP contribution in [0.25, 0.3) is 0 Å². The third kappa shape index (κ3) is 21.1. The first kappa shape index (κ1) is 57.0. The highest BCUT2D eigenvalue weighted by Crippen LogP contribution is 2.17. The number of carbonyl (C=O) groups excluding carboxylic acids is 4. The van der Waals surface area contributed by atoms with Crippen LogP contribution in [0.2, 0.25) is 0 Å². The largest absolute Gasteiger partial charge is 0.464 e. The lowest BCUT2D eigenvalue weighted by Gasteiger charge is -2.34. The van der Waals surface area contributed by atoms with E-state index in [0.717, 1.165) is 0 Å². The Labute approximate surface area is 399 Å². The number of ketones is 2. The van der Waals surface area contributed by atoms with Crippen LogP contribution in [0.1, 0.15) is 19.8 Å². The van der Waals surface area contributed by atoms with Gasteiger partial charge in [-0.05, 0) is 12.8 Å². The van der Waals surface area contributed by atoms with Crippen molar-refractivity contribution in [3.8, 4) is 0 Å². The van der Waals surface area contributed by atoms with E-state index in [1.807, 2.05) is 11.8 Å². The molecule has 0 heterocycles. The second-order valence-corrected chi connectivity index (χ2v) is 16.9. The number of carbonyl (C=O) groups is 4. The minimum Gasteiger partial charge on any atom is -0.464 e. The van der Waals surface area contributed by atoms with Crippen molar-refractivity contribution in [1.82, 2.24) is 24.5 Å². The molecule has 0 aromatic rings. The number of aliphatic hydroxyl groups excluding tert-OH is 2. The minimum atomic E-state index is -1.13. The summed E-state index contributed by atoms with van der Waals surface area (Å²) in [6.45, 7) is 1.98. The molecule has 0 amide bonds. The molecular formula is C32H51N5O8S12. The topological polar surface area (TPSA) is 143 Å². The van der Waals surface area contributed by atoms with Gasteiger partial charge in [0.2, 0.25) is 0 Å². The van der Waals surface area contributed by atoms with E-state index in [0.29, 0.717) is 30.8 Å². The Bertz CT molecular complexity index is 1280. The lowest BCUT2D eigenvalue weighted by Crippen LogP contribution is -2.51. The van der Waals surface area contributed by atoms with E-state index in [1.165, 1.54) is 16.7 Å². The van der Waals surface area contributed by atoms with Crippen molar-refractivity contribution in [3.63, 3.8) is 0 Å². The molecule has 0 aromatic heterocycles. The van der Waals surface area contributed by atoms with Crippen LogP contribution in [-0.2, 0) is 28.7 Å². The molecule has 2 N–H and O–H groups in total. The van der Waals surface area contributed by atoms with Crippen molar-refractivity contribution < 1.29 is 38.9 Å². The van der Waals surface area contributed by atoms with Gasteiger partial charge in [-0.2, -0.15) is 63.1 Å². The third-order valence-electron chi connectivity index (χ3n) is 8.05. The van der Waals surface area contributed by atoms with Gasteiger partial charge < -0.3 is 39.3 Å². The molecule has 0 saturated carbocycles. The normalized spacial score (nSPS) is 11.9. The SMILES string of the molecule is CCN(CCOC(=O)CC(C(=O)CO)N(CCN(C(=S)CS)C(=S)CS)C(=S)CS)CCOC(=O)CC(C(=O)CO)N(CCN(C(=S)CS)C(=S)CS)C(=S)SC. The average Bonchev–Trinajstić information content (AvgIpc) is 3.22. The fourth-order valence-corrected chi connectivity index (χ4v) is 7.69. The fourth-order valence-electron chi connectivity index (χ4n) is 5.02. The third-order valence-corrected chi connectivity index (χ3v) is 13.8. The van der Waals surface area contributed by atoms with Crippen molar-refractivity contribution in [2.45, 2.75) is 31.8 Å². The first-order chi connectivity index (χ1) is 27.0. The zero-order valence-corrected chi connectivity index (χ0v) is 41.7. The zero-order valence-electron chi connectivity index (χ0n) is 31.6. The molecule has 0 rings (SSSR count). The maximum atomic E-state index is 13.0. The maximum absolute atomic E-state index is 13.0. The van der Waals surface area contributed by atoms with Crippen LogP contribution in [0.5, 0.6) is 0 Å². The van der Waals surface area contributed by atoms with Crippen LogP contribution in [0.4, 0.5) is 0 Å². The van der Waals surface area contributed by atoms with Gasteiger partial charge in [-0.1, -0.05) is 80.2 Å². The number of hydrogen-bond donors (Lipinski definition) is 7. The smallest absolute Gasteiger partial charge is 0.308 e. The van der Waals surface area contributed by atoms with Crippen molar-refractivity contribution in [1.29, 1.82) is 0 Å². The Kier molecular flexibility index (Phi) is 32.7. The summed E-state index contributed by atoms with van der Waals surface area (Å²) in [6.07, 6.45) is 0.970. The summed E-state index contributed by atoms with van der Waals surface area (Å²) in [6, 6.07) is -2.23. The van der Waals surface area contributed by atoms with Crippen LogP contribution in [0, 0.1) is 0 Å². The number of nitrogens with zero attached hydrogens (tertiary/aromatic N) is 5. The van der Waals surface area contributed by atoms with E-state index in [-0.39, 0.29) is 92.7 Å². The lowest BCUT2D eigenvalue weighted by molar-refractivity contribution is -0.148. The van der Waals surface area contributed by atoms with Gasteiger partial charge in [0, 0.05) is 68.0 Å². The van der Waals surface area contributed by atoms with Crippen molar-refractivity contribution >= 4 is 201 Å². The summed E-state index contributed by atoms with van der Waals surface area (Å²) in [5.41, 5.74) is 0. The van der Waals surface area contributed by atoms with Crippen LogP contribution in [-0.4, -0.2) is 207 Å². The molecule has 324 valence electrons. The number of aliphatic hydroxyl groups is 2. The van der Waals surface area contributed by atoms with E-state index in [2.05, 4.69) is 63.1 Å². The highest BCUT2D eigenvalue weighted by Gasteiger charge is 2.32. The van der Waals surface area contributed by atoms with Gasteiger partial charge in [0.25, 0.3) is 0 Å². The zero-order chi connectivity index (χ0) is 43.7. The molecule has 0 aliphatic carbocycles. The maximum Gasteiger partial charge on any atom is 0.308 e. The number of Topliss-reactive ketones (excluding diaryl/α,β-unsaturated/α-hetero) is 2. The minimum absolute atomic E-state index is 0.0403. The van der Waals surface area contributed by atoms with E-state index in [1.54, 1.807) is 21.0 Å². The van der Waals surface area contributed by atoms with Gasteiger partial charge in [-0.15, -0.1) is 11.8 Å².